The third-order valence-electron chi connectivity index (χ3n) is 3.30. The predicted molar refractivity (Wildman–Crippen MR) is 79.7 cm³/mol. The molecule has 3 rings (SSSR count). The van der Waals surface area contributed by atoms with Crippen molar-refractivity contribution in [1.29, 1.82) is 5.26 Å². The second kappa shape index (κ2) is 4.99. The van der Waals surface area contributed by atoms with E-state index in [1.54, 1.807) is 6.20 Å². The third kappa shape index (κ3) is 2.04. The van der Waals surface area contributed by atoms with Crippen LogP contribution in [0.25, 0.3) is 16.8 Å². The number of rotatable bonds is 2. The lowest BCUT2D eigenvalue weighted by atomic mass is 10.1. The van der Waals surface area contributed by atoms with Crippen LogP contribution in [0.4, 0.5) is 0 Å². The monoisotopic (exact) mass is 281 g/mol. The van der Waals surface area contributed by atoms with Gasteiger partial charge in [-0.3, -0.25) is 4.98 Å². The van der Waals surface area contributed by atoms with Gasteiger partial charge in [-0.1, -0.05) is 41.4 Å². The minimum absolute atomic E-state index is 0.325. The number of benzene rings is 1. The number of nitrogens with zero attached hydrogens (tertiary/aromatic N) is 3. The van der Waals surface area contributed by atoms with Gasteiger partial charge < -0.3 is 4.40 Å². The van der Waals surface area contributed by atoms with Gasteiger partial charge in [0.1, 0.15) is 0 Å². The fraction of sp³-hybridized carbons (Fsp3) is 0.125. The Morgan fingerprint density at radius 3 is 2.75 bits per heavy atom. The Morgan fingerprint density at radius 2 is 2.05 bits per heavy atom. The van der Waals surface area contributed by atoms with Gasteiger partial charge in [-0.25, -0.2) is 0 Å². The highest BCUT2D eigenvalue weighted by Gasteiger charge is 2.13. The van der Waals surface area contributed by atoms with Crippen LogP contribution in [0.2, 0.25) is 5.02 Å². The molecule has 0 bridgehead atoms. The predicted octanol–water partition coefficient (Wildman–Crippen LogP) is 4.03. The van der Waals surface area contributed by atoms with Gasteiger partial charge in [0.2, 0.25) is 0 Å². The molecule has 4 heteroatoms. The Labute approximate surface area is 122 Å². The van der Waals surface area contributed by atoms with E-state index in [0.717, 1.165) is 22.5 Å². The average molecular weight is 282 g/mol. The van der Waals surface area contributed by atoms with Crippen molar-refractivity contribution in [3.63, 3.8) is 0 Å². The fourth-order valence-electron chi connectivity index (χ4n) is 2.32. The van der Waals surface area contributed by atoms with Gasteiger partial charge in [-0.2, -0.15) is 5.26 Å². The Hall–Kier alpha value is -2.31. The molecule has 1 aromatic carbocycles. The summed E-state index contributed by atoms with van der Waals surface area (Å²) in [7, 11) is 0. The molecule has 0 N–H and O–H groups in total. The molecule has 2 aromatic heterocycles. The van der Waals surface area contributed by atoms with Gasteiger partial charge in [0, 0.05) is 23.7 Å². The lowest BCUT2D eigenvalue weighted by molar-refractivity contribution is 1.04. The summed E-state index contributed by atoms with van der Waals surface area (Å²) in [5, 5.41) is 9.51. The maximum atomic E-state index is 8.88. The lowest BCUT2D eigenvalue weighted by Gasteiger charge is -2.06. The van der Waals surface area contributed by atoms with Crippen LogP contribution in [-0.2, 0) is 6.42 Å². The van der Waals surface area contributed by atoms with Crippen LogP contribution >= 0.6 is 11.6 Å². The van der Waals surface area contributed by atoms with Crippen molar-refractivity contribution in [3.8, 4) is 17.3 Å². The van der Waals surface area contributed by atoms with Gasteiger partial charge in [0.05, 0.1) is 28.7 Å². The largest absolute Gasteiger partial charge is 0.315 e. The normalized spacial score (nSPS) is 10.7. The van der Waals surface area contributed by atoms with Gasteiger partial charge in [-0.05, 0) is 13.0 Å². The highest BCUT2D eigenvalue weighted by molar-refractivity contribution is 6.34. The Kier molecular flexibility index (Phi) is 3.17. The first-order valence-electron chi connectivity index (χ1n) is 6.29. The molecule has 20 heavy (non-hydrogen) atoms. The molecule has 0 amide bonds. The SMILES string of the molecule is Cc1ccc(-c2nccn3c(CC#N)cc(Cl)c23)cc1. The minimum Gasteiger partial charge on any atom is -0.315 e. The van der Waals surface area contributed by atoms with Crippen LogP contribution in [0.1, 0.15) is 11.3 Å². The van der Waals surface area contributed by atoms with Crippen LogP contribution in [0.15, 0.2) is 42.7 Å². The second-order valence-corrected chi connectivity index (χ2v) is 5.09. The number of fused-ring (bicyclic) bond motifs is 1. The summed E-state index contributed by atoms with van der Waals surface area (Å²) in [6.07, 6.45) is 3.90. The lowest BCUT2D eigenvalue weighted by Crippen LogP contribution is -1.95. The van der Waals surface area contributed by atoms with E-state index in [1.165, 1.54) is 5.56 Å². The van der Waals surface area contributed by atoms with E-state index in [9.17, 15) is 0 Å². The summed E-state index contributed by atoms with van der Waals surface area (Å²) < 4.78 is 1.94. The smallest absolute Gasteiger partial charge is 0.0958 e. The summed E-state index contributed by atoms with van der Waals surface area (Å²) in [6, 6.07) is 12.2. The Morgan fingerprint density at radius 1 is 1.30 bits per heavy atom. The number of halogens is 1. The maximum absolute atomic E-state index is 8.88. The molecule has 0 atom stereocenters. The second-order valence-electron chi connectivity index (χ2n) is 4.68. The topological polar surface area (TPSA) is 41.1 Å². The molecular formula is C16H12ClN3. The van der Waals surface area contributed by atoms with E-state index >= 15 is 0 Å². The average Bonchev–Trinajstić information content (AvgIpc) is 2.77. The molecule has 0 radical (unpaired) electrons. The number of hydrogen-bond donors (Lipinski definition) is 0. The van der Waals surface area contributed by atoms with Crippen LogP contribution in [0.3, 0.4) is 0 Å². The van der Waals surface area contributed by atoms with Crippen molar-refractivity contribution in [1.82, 2.24) is 9.38 Å². The van der Waals surface area contributed by atoms with E-state index in [-0.39, 0.29) is 0 Å². The van der Waals surface area contributed by atoms with E-state index in [4.69, 9.17) is 16.9 Å². The number of aryl methyl sites for hydroxylation is 1. The summed E-state index contributed by atoms with van der Waals surface area (Å²) in [5.41, 5.74) is 4.78. The molecule has 0 aliphatic heterocycles. The van der Waals surface area contributed by atoms with E-state index < -0.39 is 0 Å². The van der Waals surface area contributed by atoms with Gasteiger partial charge in [0.25, 0.3) is 0 Å². The van der Waals surface area contributed by atoms with Crippen molar-refractivity contribution >= 4 is 17.1 Å². The van der Waals surface area contributed by atoms with Gasteiger partial charge in [-0.15, -0.1) is 0 Å². The number of nitriles is 1. The molecule has 3 aromatic rings. The zero-order valence-electron chi connectivity index (χ0n) is 11.0. The van der Waals surface area contributed by atoms with Crippen molar-refractivity contribution in [2.24, 2.45) is 0 Å². The molecule has 0 aliphatic carbocycles. The zero-order valence-corrected chi connectivity index (χ0v) is 11.7. The third-order valence-corrected chi connectivity index (χ3v) is 3.59. The van der Waals surface area contributed by atoms with E-state index in [1.807, 2.05) is 47.9 Å². The molecular weight excluding hydrogens is 270 g/mol. The summed E-state index contributed by atoms with van der Waals surface area (Å²) >= 11 is 6.33. The van der Waals surface area contributed by atoms with E-state index in [0.29, 0.717) is 11.4 Å². The van der Waals surface area contributed by atoms with Crippen molar-refractivity contribution in [3.05, 3.63) is 59.0 Å². The molecule has 0 saturated carbocycles. The van der Waals surface area contributed by atoms with Crippen LogP contribution in [0, 0.1) is 18.3 Å². The quantitative estimate of drug-likeness (QED) is 0.711. The highest BCUT2D eigenvalue weighted by Crippen LogP contribution is 2.30. The molecule has 98 valence electrons. The van der Waals surface area contributed by atoms with Crippen LogP contribution < -0.4 is 0 Å². The first kappa shape index (κ1) is 12.7. The van der Waals surface area contributed by atoms with Crippen LogP contribution in [-0.4, -0.2) is 9.38 Å². The first-order chi connectivity index (χ1) is 9.70. The summed E-state index contributed by atoms with van der Waals surface area (Å²) in [4.78, 5) is 4.45. The highest BCUT2D eigenvalue weighted by atomic mass is 35.5. The summed E-state index contributed by atoms with van der Waals surface area (Å²) in [5.74, 6) is 0. The maximum Gasteiger partial charge on any atom is 0.0958 e. The van der Waals surface area contributed by atoms with Crippen LogP contribution in [0.5, 0.6) is 0 Å². The van der Waals surface area contributed by atoms with Crippen molar-refractivity contribution in [2.75, 3.05) is 0 Å². The molecule has 0 fully saturated rings. The molecule has 0 spiro atoms. The van der Waals surface area contributed by atoms with Crippen molar-refractivity contribution in [2.45, 2.75) is 13.3 Å². The molecule has 2 heterocycles. The Bertz CT molecular complexity index is 810. The first-order valence-corrected chi connectivity index (χ1v) is 6.67. The number of hydrogen-bond acceptors (Lipinski definition) is 2. The Balaban J connectivity index is 2.27. The van der Waals surface area contributed by atoms with Crippen molar-refractivity contribution < 1.29 is 0 Å². The molecule has 0 saturated heterocycles. The molecule has 0 unspecified atom stereocenters. The standard InChI is InChI=1S/C16H12ClN3/c1-11-2-4-12(5-3-11)15-16-14(17)10-13(6-7-18)20(16)9-8-19-15/h2-5,8-10H,6H2,1H3. The summed E-state index contributed by atoms with van der Waals surface area (Å²) in [6.45, 7) is 2.05. The molecule has 0 aliphatic rings. The number of aromatic nitrogens is 2. The van der Waals surface area contributed by atoms with Gasteiger partial charge >= 0.3 is 0 Å². The minimum atomic E-state index is 0.325. The zero-order chi connectivity index (χ0) is 14.1. The van der Waals surface area contributed by atoms with Gasteiger partial charge in [0.15, 0.2) is 0 Å². The fourth-order valence-corrected chi connectivity index (χ4v) is 2.62. The van der Waals surface area contributed by atoms with E-state index in [2.05, 4.69) is 11.1 Å². The molecule has 3 nitrogen and oxygen atoms in total.